The van der Waals surface area contributed by atoms with E-state index in [0.717, 1.165) is 35.5 Å². The molecule has 8 nitrogen and oxygen atoms in total. The molecule has 0 spiro atoms. The van der Waals surface area contributed by atoms with E-state index in [0.29, 0.717) is 30.2 Å². The molecule has 39 heavy (non-hydrogen) atoms. The number of anilines is 2. The first kappa shape index (κ1) is 29.7. The molecule has 0 heterocycles. The summed E-state index contributed by atoms with van der Waals surface area (Å²) in [4.78, 5) is 25.0. The minimum Gasteiger partial charge on any atom is -0.494 e. The summed E-state index contributed by atoms with van der Waals surface area (Å²) in [5.74, 6) is 0.0459. The predicted octanol–water partition coefficient (Wildman–Crippen LogP) is 6.42. The summed E-state index contributed by atoms with van der Waals surface area (Å²) in [6, 6.07) is 15.1. The summed E-state index contributed by atoms with van der Waals surface area (Å²) in [6.07, 6.45) is 8.26. The molecule has 1 aliphatic rings. The van der Waals surface area contributed by atoms with Gasteiger partial charge in [0.25, 0.3) is 5.91 Å². The zero-order chi connectivity index (χ0) is 28.2. The molecule has 3 rings (SSSR count). The van der Waals surface area contributed by atoms with Gasteiger partial charge in [0.05, 0.1) is 19.1 Å². The van der Waals surface area contributed by atoms with Crippen molar-refractivity contribution in [2.45, 2.75) is 64.8 Å². The average Bonchev–Trinajstić information content (AvgIpc) is 2.96. The molecular formula is C31H42N4O4. The third-order valence-electron chi connectivity index (χ3n) is 7.16. The number of aliphatic carboxylic acids is 1. The Balaban J connectivity index is 1.84. The van der Waals surface area contributed by atoms with E-state index in [1.54, 1.807) is 19.2 Å². The van der Waals surface area contributed by atoms with Crippen molar-refractivity contribution in [3.05, 3.63) is 65.9 Å². The summed E-state index contributed by atoms with van der Waals surface area (Å²) >= 11 is 0. The first-order valence-electron chi connectivity index (χ1n) is 13.9. The van der Waals surface area contributed by atoms with Gasteiger partial charge in [0.15, 0.2) is 0 Å². The molecule has 1 aliphatic carbocycles. The molecule has 1 amide bonds. The normalized spacial score (nSPS) is 14.8. The third kappa shape index (κ3) is 8.87. The maximum atomic E-state index is 12.7. The van der Waals surface area contributed by atoms with Gasteiger partial charge in [0.1, 0.15) is 5.75 Å². The van der Waals surface area contributed by atoms with Gasteiger partial charge in [0, 0.05) is 54.1 Å². The van der Waals surface area contributed by atoms with E-state index < -0.39 is 5.97 Å². The van der Waals surface area contributed by atoms with Crippen LogP contribution in [-0.4, -0.2) is 53.8 Å². The summed E-state index contributed by atoms with van der Waals surface area (Å²) in [5.41, 5.74) is 3.80. The molecule has 2 aromatic carbocycles. The van der Waals surface area contributed by atoms with Crippen LogP contribution in [0.3, 0.4) is 0 Å². The smallest absolute Gasteiger partial charge is 0.305 e. The number of hydrogen-bond acceptors (Lipinski definition) is 6. The van der Waals surface area contributed by atoms with Crippen molar-refractivity contribution < 1.29 is 19.4 Å². The van der Waals surface area contributed by atoms with Gasteiger partial charge in [-0.3, -0.25) is 9.59 Å². The van der Waals surface area contributed by atoms with Crippen molar-refractivity contribution >= 4 is 29.0 Å². The van der Waals surface area contributed by atoms with Gasteiger partial charge in [0.2, 0.25) is 0 Å². The van der Waals surface area contributed by atoms with E-state index >= 15 is 0 Å². The Bertz CT molecular complexity index is 1140. The SMILES string of the molecule is CCOc1cccc(N/C=C(\C(=N)CC)C(Nc2ccc(C(=O)N(C)CCC(=O)O)cc2)C2CCCCC2)c1. The molecule has 0 bridgehead atoms. The number of nitrogens with zero attached hydrogens (tertiary/aromatic N) is 1. The summed E-state index contributed by atoms with van der Waals surface area (Å²) in [6.45, 7) is 4.72. The molecule has 1 fully saturated rings. The van der Waals surface area contributed by atoms with Gasteiger partial charge in [-0.2, -0.15) is 0 Å². The summed E-state index contributed by atoms with van der Waals surface area (Å²) in [5, 5.41) is 24.8. The number of carbonyl (C=O) groups excluding carboxylic acids is 1. The number of rotatable bonds is 14. The largest absolute Gasteiger partial charge is 0.494 e. The second kappa shape index (κ2) is 15.0. The lowest BCUT2D eigenvalue weighted by Gasteiger charge is -2.34. The lowest BCUT2D eigenvalue weighted by atomic mass is 9.79. The van der Waals surface area contributed by atoms with E-state index in [-0.39, 0.29) is 24.9 Å². The summed E-state index contributed by atoms with van der Waals surface area (Å²) in [7, 11) is 1.61. The van der Waals surface area contributed by atoms with Crippen LogP contribution >= 0.6 is 0 Å². The van der Waals surface area contributed by atoms with Crippen LogP contribution < -0.4 is 15.4 Å². The molecule has 1 saturated carbocycles. The van der Waals surface area contributed by atoms with Gasteiger partial charge in [-0.1, -0.05) is 32.3 Å². The van der Waals surface area contributed by atoms with E-state index in [2.05, 4.69) is 10.6 Å². The molecule has 1 atom stereocenters. The number of hydrogen-bond donors (Lipinski definition) is 4. The number of nitrogens with one attached hydrogen (secondary N) is 3. The zero-order valence-corrected chi connectivity index (χ0v) is 23.3. The van der Waals surface area contributed by atoms with Crippen molar-refractivity contribution in [2.75, 3.05) is 30.8 Å². The second-order valence-electron chi connectivity index (χ2n) is 10.0. The lowest BCUT2D eigenvalue weighted by Crippen LogP contribution is -2.35. The van der Waals surface area contributed by atoms with Gasteiger partial charge in [-0.15, -0.1) is 0 Å². The van der Waals surface area contributed by atoms with Crippen LogP contribution in [0.2, 0.25) is 0 Å². The Morgan fingerprint density at radius 1 is 1.10 bits per heavy atom. The summed E-state index contributed by atoms with van der Waals surface area (Å²) < 4.78 is 5.64. The number of benzene rings is 2. The topological polar surface area (TPSA) is 115 Å². The Morgan fingerprint density at radius 3 is 2.46 bits per heavy atom. The van der Waals surface area contributed by atoms with Crippen molar-refractivity contribution in [3.8, 4) is 5.75 Å². The van der Waals surface area contributed by atoms with Crippen molar-refractivity contribution in [1.82, 2.24) is 4.90 Å². The van der Waals surface area contributed by atoms with E-state index in [1.807, 2.05) is 56.4 Å². The minimum atomic E-state index is -0.930. The quantitative estimate of drug-likeness (QED) is 0.208. The number of carbonyl (C=O) groups is 2. The highest BCUT2D eigenvalue weighted by Gasteiger charge is 2.28. The second-order valence-corrected chi connectivity index (χ2v) is 10.0. The molecule has 0 saturated heterocycles. The van der Waals surface area contributed by atoms with Crippen LogP contribution in [0.15, 0.2) is 60.3 Å². The first-order valence-corrected chi connectivity index (χ1v) is 13.9. The maximum absolute atomic E-state index is 12.7. The first-order chi connectivity index (χ1) is 18.8. The standard InChI is InChI=1S/C31H42N4O4/c1-4-28(32)27(21-33-25-12-9-13-26(20-25)39-5-2)30(22-10-7-6-8-11-22)34-24-16-14-23(15-17-24)31(38)35(3)19-18-29(36)37/h9,12-17,20-22,30,32-34H,4-8,10-11,18-19H2,1-3H3,(H,36,37)/b27-21+,32-28?. The fraction of sp³-hybridized carbons (Fsp3) is 0.452. The average molecular weight is 535 g/mol. The Kier molecular flexibility index (Phi) is 11.4. The predicted molar refractivity (Wildman–Crippen MR) is 157 cm³/mol. The molecule has 8 heteroatoms. The third-order valence-corrected chi connectivity index (χ3v) is 7.16. The fourth-order valence-corrected chi connectivity index (χ4v) is 4.96. The van der Waals surface area contributed by atoms with Gasteiger partial charge in [-0.05, 0) is 68.5 Å². The van der Waals surface area contributed by atoms with Gasteiger partial charge < -0.3 is 30.8 Å². The van der Waals surface area contributed by atoms with E-state index in [4.69, 9.17) is 15.3 Å². The molecule has 210 valence electrons. The van der Waals surface area contributed by atoms with Crippen LogP contribution in [0.4, 0.5) is 11.4 Å². The zero-order valence-electron chi connectivity index (χ0n) is 23.3. The Hall–Kier alpha value is -3.81. The molecule has 4 N–H and O–H groups in total. The van der Waals surface area contributed by atoms with E-state index in [9.17, 15) is 9.59 Å². The number of carboxylic acids is 1. The van der Waals surface area contributed by atoms with Crippen LogP contribution in [-0.2, 0) is 4.79 Å². The lowest BCUT2D eigenvalue weighted by molar-refractivity contribution is -0.137. The van der Waals surface area contributed by atoms with Crippen LogP contribution in [0, 0.1) is 11.3 Å². The molecule has 0 aromatic heterocycles. The number of carboxylic acid groups (broad SMARTS) is 1. The minimum absolute atomic E-state index is 0.0554. The molecule has 1 unspecified atom stereocenters. The van der Waals surface area contributed by atoms with Crippen LogP contribution in [0.5, 0.6) is 5.75 Å². The number of ether oxygens (including phenoxy) is 1. The van der Waals surface area contributed by atoms with Crippen molar-refractivity contribution in [2.24, 2.45) is 5.92 Å². The van der Waals surface area contributed by atoms with Gasteiger partial charge in [-0.25, -0.2) is 0 Å². The van der Waals surface area contributed by atoms with Crippen molar-refractivity contribution in [1.29, 1.82) is 5.41 Å². The molecule has 2 aromatic rings. The van der Waals surface area contributed by atoms with Crippen LogP contribution in [0.25, 0.3) is 0 Å². The van der Waals surface area contributed by atoms with Gasteiger partial charge >= 0.3 is 5.97 Å². The number of amides is 1. The van der Waals surface area contributed by atoms with E-state index in [1.165, 1.54) is 24.2 Å². The molecule has 0 radical (unpaired) electrons. The van der Waals surface area contributed by atoms with Crippen molar-refractivity contribution in [3.63, 3.8) is 0 Å². The fourth-order valence-electron chi connectivity index (χ4n) is 4.96. The van der Waals surface area contributed by atoms with Crippen LogP contribution in [0.1, 0.15) is 69.2 Å². The highest BCUT2D eigenvalue weighted by atomic mass is 16.5. The molecule has 0 aliphatic heterocycles. The molecular weight excluding hydrogens is 492 g/mol. The Morgan fingerprint density at radius 2 is 1.82 bits per heavy atom. The highest BCUT2D eigenvalue weighted by molar-refractivity contribution is 5.99. The highest BCUT2D eigenvalue weighted by Crippen LogP contribution is 2.32. The Labute approximate surface area is 232 Å². The monoisotopic (exact) mass is 534 g/mol. The maximum Gasteiger partial charge on any atom is 0.305 e.